The quantitative estimate of drug-likeness (QED) is 0.829. The maximum atomic E-state index is 13.3. The summed E-state index contributed by atoms with van der Waals surface area (Å²) in [6.07, 6.45) is 4.02. The predicted octanol–water partition coefficient (Wildman–Crippen LogP) is 4.20. The van der Waals surface area contributed by atoms with Gasteiger partial charge in [-0.2, -0.15) is 0 Å². The van der Waals surface area contributed by atoms with E-state index in [0.29, 0.717) is 4.47 Å². The number of carbonyl (C=O) groups is 1. The third-order valence-electron chi connectivity index (χ3n) is 3.12. The average molecular weight is 300 g/mol. The highest BCUT2D eigenvalue weighted by Gasteiger charge is 2.31. The highest BCUT2D eigenvalue weighted by Crippen LogP contribution is 2.40. The summed E-state index contributed by atoms with van der Waals surface area (Å²) in [5.74, 6) is -0.501. The minimum atomic E-state index is -0.299. The molecule has 1 heterocycles. The highest BCUT2D eigenvalue weighted by atomic mass is 79.9. The first-order valence-electron chi connectivity index (χ1n) is 5.93. The molecule has 2 nitrogen and oxygen atoms in total. The summed E-state index contributed by atoms with van der Waals surface area (Å²) >= 11 is 3.28. The van der Waals surface area contributed by atoms with Gasteiger partial charge in [0.15, 0.2) is 0 Å². The molecule has 0 saturated heterocycles. The van der Waals surface area contributed by atoms with Crippen LogP contribution in [-0.2, 0) is 4.79 Å². The number of unbranched alkanes of at least 4 members (excludes halogenated alkanes) is 2. The van der Waals surface area contributed by atoms with E-state index in [4.69, 9.17) is 0 Å². The first-order valence-corrected chi connectivity index (χ1v) is 6.72. The fourth-order valence-electron chi connectivity index (χ4n) is 2.24. The Kier molecular flexibility index (Phi) is 3.82. The third-order valence-corrected chi connectivity index (χ3v) is 3.75. The Morgan fingerprint density at radius 1 is 1.41 bits per heavy atom. The molecule has 92 valence electrons. The van der Waals surface area contributed by atoms with Gasteiger partial charge in [-0.1, -0.05) is 26.2 Å². The summed E-state index contributed by atoms with van der Waals surface area (Å²) in [5, 5.41) is 2.82. The van der Waals surface area contributed by atoms with Gasteiger partial charge >= 0.3 is 0 Å². The molecule has 1 aliphatic rings. The van der Waals surface area contributed by atoms with Crippen LogP contribution in [0.1, 0.15) is 44.1 Å². The van der Waals surface area contributed by atoms with Crippen LogP contribution < -0.4 is 5.32 Å². The van der Waals surface area contributed by atoms with Crippen LogP contribution in [0.3, 0.4) is 0 Å². The van der Waals surface area contributed by atoms with Crippen molar-refractivity contribution in [1.82, 2.24) is 0 Å². The number of rotatable bonds is 4. The standard InChI is InChI=1S/C13H15BrFNO/c1-2-3-4-5-9-10-6-8(15)7-11(14)12(10)16-13(9)17/h6-7,9H,2-5H2,1H3,(H,16,17). The summed E-state index contributed by atoms with van der Waals surface area (Å²) in [6.45, 7) is 2.12. The number of halogens is 2. The van der Waals surface area contributed by atoms with E-state index in [1.54, 1.807) is 0 Å². The number of anilines is 1. The second-order valence-corrected chi connectivity index (χ2v) is 5.24. The van der Waals surface area contributed by atoms with Crippen LogP contribution in [0, 0.1) is 5.82 Å². The van der Waals surface area contributed by atoms with Crippen LogP contribution in [0.4, 0.5) is 10.1 Å². The van der Waals surface area contributed by atoms with Crippen LogP contribution in [0.15, 0.2) is 16.6 Å². The zero-order chi connectivity index (χ0) is 12.4. The number of hydrogen-bond acceptors (Lipinski definition) is 1. The van der Waals surface area contributed by atoms with Crippen molar-refractivity contribution >= 4 is 27.5 Å². The molecule has 17 heavy (non-hydrogen) atoms. The normalized spacial score (nSPS) is 18.1. The first-order chi connectivity index (χ1) is 8.13. The Morgan fingerprint density at radius 2 is 2.18 bits per heavy atom. The van der Waals surface area contributed by atoms with Crippen molar-refractivity contribution in [2.24, 2.45) is 0 Å². The van der Waals surface area contributed by atoms with E-state index in [1.165, 1.54) is 12.1 Å². The lowest BCUT2D eigenvalue weighted by molar-refractivity contribution is -0.117. The predicted molar refractivity (Wildman–Crippen MR) is 69.6 cm³/mol. The molecule has 1 aromatic carbocycles. The van der Waals surface area contributed by atoms with Crippen LogP contribution in [0.5, 0.6) is 0 Å². The van der Waals surface area contributed by atoms with Crippen molar-refractivity contribution in [3.05, 3.63) is 28.0 Å². The smallest absolute Gasteiger partial charge is 0.232 e. The maximum Gasteiger partial charge on any atom is 0.232 e. The maximum absolute atomic E-state index is 13.3. The van der Waals surface area contributed by atoms with E-state index in [1.807, 2.05) is 0 Å². The molecule has 0 radical (unpaired) electrons. The second-order valence-electron chi connectivity index (χ2n) is 4.39. The zero-order valence-electron chi connectivity index (χ0n) is 9.72. The van der Waals surface area contributed by atoms with Gasteiger partial charge in [0.2, 0.25) is 5.91 Å². The third kappa shape index (κ3) is 2.51. The van der Waals surface area contributed by atoms with Gasteiger partial charge in [0.05, 0.1) is 11.6 Å². The molecular weight excluding hydrogens is 285 g/mol. The van der Waals surface area contributed by atoms with Crippen molar-refractivity contribution in [3.8, 4) is 0 Å². The fourth-order valence-corrected chi connectivity index (χ4v) is 2.78. The molecule has 0 spiro atoms. The van der Waals surface area contributed by atoms with Gasteiger partial charge in [-0.05, 0) is 40.0 Å². The Bertz CT molecular complexity index is 447. The number of carbonyl (C=O) groups excluding carboxylic acids is 1. The van der Waals surface area contributed by atoms with Gasteiger partial charge < -0.3 is 5.32 Å². The van der Waals surface area contributed by atoms with Gasteiger partial charge in [-0.15, -0.1) is 0 Å². The number of benzene rings is 1. The average Bonchev–Trinajstić information content (AvgIpc) is 2.57. The molecule has 0 saturated carbocycles. The van der Waals surface area contributed by atoms with Gasteiger partial charge in [0.25, 0.3) is 0 Å². The molecule has 0 aliphatic carbocycles. The highest BCUT2D eigenvalue weighted by molar-refractivity contribution is 9.10. The summed E-state index contributed by atoms with van der Waals surface area (Å²) in [7, 11) is 0. The Labute approximate surface area is 109 Å². The van der Waals surface area contributed by atoms with Crippen LogP contribution in [-0.4, -0.2) is 5.91 Å². The summed E-state index contributed by atoms with van der Waals surface area (Å²) in [6, 6.07) is 2.85. The summed E-state index contributed by atoms with van der Waals surface area (Å²) in [4.78, 5) is 11.8. The molecule has 1 aromatic rings. The zero-order valence-corrected chi connectivity index (χ0v) is 11.3. The van der Waals surface area contributed by atoms with E-state index in [2.05, 4.69) is 28.2 Å². The molecule has 0 fully saturated rings. The molecule has 1 N–H and O–H groups in total. The second kappa shape index (κ2) is 5.17. The number of amides is 1. The first kappa shape index (κ1) is 12.6. The molecule has 2 rings (SSSR count). The number of hydrogen-bond donors (Lipinski definition) is 1. The monoisotopic (exact) mass is 299 g/mol. The summed E-state index contributed by atoms with van der Waals surface area (Å²) < 4.78 is 14.0. The SMILES string of the molecule is CCCCCC1C(=O)Nc2c(Br)cc(F)cc21. The Balaban J connectivity index is 2.23. The Morgan fingerprint density at radius 3 is 2.88 bits per heavy atom. The number of fused-ring (bicyclic) bond motifs is 1. The molecule has 1 unspecified atom stereocenters. The minimum absolute atomic E-state index is 0.0117. The van der Waals surface area contributed by atoms with E-state index < -0.39 is 0 Å². The molecule has 0 bridgehead atoms. The van der Waals surface area contributed by atoms with Crippen LogP contribution in [0.25, 0.3) is 0 Å². The lowest BCUT2D eigenvalue weighted by atomic mass is 9.94. The summed E-state index contributed by atoms with van der Waals surface area (Å²) in [5.41, 5.74) is 1.52. The van der Waals surface area contributed by atoms with Crippen molar-refractivity contribution in [2.45, 2.75) is 38.5 Å². The van der Waals surface area contributed by atoms with E-state index >= 15 is 0 Å². The van der Waals surface area contributed by atoms with Gasteiger partial charge in [0.1, 0.15) is 5.82 Å². The lowest BCUT2D eigenvalue weighted by Gasteiger charge is -2.08. The molecule has 4 heteroatoms. The largest absolute Gasteiger partial charge is 0.324 e. The van der Waals surface area contributed by atoms with Crippen LogP contribution >= 0.6 is 15.9 Å². The van der Waals surface area contributed by atoms with E-state index in [-0.39, 0.29) is 17.6 Å². The van der Waals surface area contributed by atoms with Crippen molar-refractivity contribution in [3.63, 3.8) is 0 Å². The van der Waals surface area contributed by atoms with Crippen molar-refractivity contribution in [1.29, 1.82) is 0 Å². The lowest BCUT2D eigenvalue weighted by Crippen LogP contribution is -2.11. The van der Waals surface area contributed by atoms with Gasteiger partial charge in [-0.25, -0.2) is 4.39 Å². The topological polar surface area (TPSA) is 29.1 Å². The van der Waals surface area contributed by atoms with E-state index in [9.17, 15) is 9.18 Å². The van der Waals surface area contributed by atoms with Gasteiger partial charge in [0, 0.05) is 4.47 Å². The molecule has 1 aliphatic heterocycles. The van der Waals surface area contributed by atoms with Crippen molar-refractivity contribution in [2.75, 3.05) is 5.32 Å². The molecular formula is C13H15BrFNO. The van der Waals surface area contributed by atoms with Crippen LogP contribution in [0.2, 0.25) is 0 Å². The number of nitrogens with one attached hydrogen (secondary N) is 1. The Hall–Kier alpha value is -0.900. The van der Waals surface area contributed by atoms with E-state index in [0.717, 1.165) is 36.9 Å². The fraction of sp³-hybridized carbons (Fsp3) is 0.462. The molecule has 1 amide bonds. The molecule has 1 atom stereocenters. The van der Waals surface area contributed by atoms with Gasteiger partial charge in [-0.3, -0.25) is 4.79 Å². The minimum Gasteiger partial charge on any atom is -0.324 e. The van der Waals surface area contributed by atoms with Crippen molar-refractivity contribution < 1.29 is 9.18 Å². The molecule has 0 aromatic heterocycles.